The number of fused-ring (bicyclic) bond motifs is 1. The molecule has 3 aliphatic rings. The first-order chi connectivity index (χ1) is 11.6. The van der Waals surface area contributed by atoms with Gasteiger partial charge in [0.25, 0.3) is 0 Å². The molecule has 4 heteroatoms. The molecule has 1 saturated heterocycles. The number of benzene rings is 1. The van der Waals surface area contributed by atoms with Crippen LogP contribution in [0.5, 0.6) is 0 Å². The molecule has 4 rings (SSSR count). The highest BCUT2D eigenvalue weighted by Crippen LogP contribution is 2.50. The third-order valence-corrected chi connectivity index (χ3v) is 6.36. The average Bonchev–Trinajstić information content (AvgIpc) is 3.36. The van der Waals surface area contributed by atoms with Gasteiger partial charge in [-0.1, -0.05) is 6.07 Å². The lowest BCUT2D eigenvalue weighted by atomic mass is 9.88. The Morgan fingerprint density at radius 1 is 1.25 bits per heavy atom. The number of hydrogen-bond acceptors (Lipinski definition) is 2. The Morgan fingerprint density at radius 2 is 2.00 bits per heavy atom. The van der Waals surface area contributed by atoms with Crippen LogP contribution in [-0.4, -0.2) is 29.9 Å². The number of piperidine rings is 1. The van der Waals surface area contributed by atoms with Crippen LogP contribution in [0.1, 0.15) is 50.3 Å². The van der Waals surface area contributed by atoms with Gasteiger partial charge in [0.15, 0.2) is 0 Å². The lowest BCUT2D eigenvalue weighted by Crippen LogP contribution is -2.46. The second kappa shape index (κ2) is 6.14. The van der Waals surface area contributed by atoms with E-state index in [0.29, 0.717) is 11.8 Å². The Bertz CT molecular complexity index is 641. The molecule has 24 heavy (non-hydrogen) atoms. The fraction of sp³-hybridized carbons (Fsp3) is 0.650. The molecule has 2 heterocycles. The van der Waals surface area contributed by atoms with Crippen molar-refractivity contribution >= 4 is 5.91 Å². The van der Waals surface area contributed by atoms with Gasteiger partial charge in [-0.15, -0.1) is 0 Å². The molecule has 1 N–H and O–H groups in total. The predicted octanol–water partition coefficient (Wildman–Crippen LogP) is 3.30. The summed E-state index contributed by atoms with van der Waals surface area (Å²) >= 11 is 0. The maximum absolute atomic E-state index is 13.5. The zero-order chi connectivity index (χ0) is 16.8. The summed E-state index contributed by atoms with van der Waals surface area (Å²) in [6, 6.07) is 5.21. The number of nitrogens with zero attached hydrogens (tertiary/aromatic N) is 1. The Hall–Kier alpha value is -1.42. The normalized spacial score (nSPS) is 33.2. The number of amides is 1. The molecule has 1 aromatic carbocycles. The fourth-order valence-corrected chi connectivity index (χ4v) is 5.00. The van der Waals surface area contributed by atoms with Gasteiger partial charge in [0.05, 0.1) is 6.04 Å². The van der Waals surface area contributed by atoms with E-state index >= 15 is 0 Å². The van der Waals surface area contributed by atoms with Crippen molar-refractivity contribution in [1.82, 2.24) is 10.2 Å². The Balaban J connectivity index is 1.49. The van der Waals surface area contributed by atoms with E-state index in [2.05, 4.69) is 24.1 Å². The van der Waals surface area contributed by atoms with Crippen molar-refractivity contribution in [3.63, 3.8) is 0 Å². The Morgan fingerprint density at radius 3 is 2.75 bits per heavy atom. The second-order valence-electron chi connectivity index (χ2n) is 7.91. The minimum absolute atomic E-state index is 0.0473. The summed E-state index contributed by atoms with van der Waals surface area (Å²) < 4.78 is 13.5. The van der Waals surface area contributed by atoms with Crippen LogP contribution in [-0.2, 0) is 11.2 Å². The third kappa shape index (κ3) is 2.75. The van der Waals surface area contributed by atoms with Crippen molar-refractivity contribution in [3.05, 3.63) is 35.1 Å². The van der Waals surface area contributed by atoms with Crippen LogP contribution in [0.4, 0.5) is 4.39 Å². The molecule has 130 valence electrons. The molecule has 0 radical (unpaired) electrons. The first-order valence-electron chi connectivity index (χ1n) is 9.37. The first kappa shape index (κ1) is 16.1. The number of carbonyl (C=O) groups excluding carboxylic acids is 1. The van der Waals surface area contributed by atoms with Crippen molar-refractivity contribution < 1.29 is 9.18 Å². The molecular formula is C20H27FN2O. The Labute approximate surface area is 143 Å². The summed E-state index contributed by atoms with van der Waals surface area (Å²) in [7, 11) is 0. The van der Waals surface area contributed by atoms with E-state index < -0.39 is 0 Å². The van der Waals surface area contributed by atoms with Gasteiger partial charge in [-0.25, -0.2) is 4.39 Å². The highest BCUT2D eigenvalue weighted by Gasteiger charge is 2.50. The number of halogens is 1. The van der Waals surface area contributed by atoms with Crippen molar-refractivity contribution in [2.24, 2.45) is 17.8 Å². The maximum Gasteiger partial charge on any atom is 0.226 e. The monoisotopic (exact) mass is 330 g/mol. The molecule has 2 fully saturated rings. The van der Waals surface area contributed by atoms with Crippen molar-refractivity contribution in [2.75, 3.05) is 13.1 Å². The smallest absolute Gasteiger partial charge is 0.226 e. The molecule has 2 unspecified atom stereocenters. The number of hydrogen-bond donors (Lipinski definition) is 1. The molecular weight excluding hydrogens is 303 g/mol. The van der Waals surface area contributed by atoms with Crippen LogP contribution in [0, 0.1) is 23.6 Å². The highest BCUT2D eigenvalue weighted by molar-refractivity contribution is 5.83. The summed E-state index contributed by atoms with van der Waals surface area (Å²) in [4.78, 5) is 15.2. The molecule has 0 aromatic heterocycles. The van der Waals surface area contributed by atoms with Gasteiger partial charge >= 0.3 is 0 Å². The summed E-state index contributed by atoms with van der Waals surface area (Å²) in [5.41, 5.74) is 2.17. The zero-order valence-corrected chi connectivity index (χ0v) is 14.6. The molecule has 1 amide bonds. The SMILES string of the molecule is CC1Cc2cc(F)ccc2C(C)N1C(=O)[C@@H]1C[C@H]1C1CCNCC1. The van der Waals surface area contributed by atoms with E-state index in [4.69, 9.17) is 0 Å². The average molecular weight is 330 g/mol. The van der Waals surface area contributed by atoms with Crippen LogP contribution in [0.2, 0.25) is 0 Å². The van der Waals surface area contributed by atoms with Crippen LogP contribution in [0.3, 0.4) is 0 Å². The molecule has 1 aromatic rings. The topological polar surface area (TPSA) is 32.3 Å². The molecule has 0 spiro atoms. The van der Waals surface area contributed by atoms with Crippen LogP contribution >= 0.6 is 0 Å². The van der Waals surface area contributed by atoms with Crippen molar-refractivity contribution in [2.45, 2.75) is 51.6 Å². The molecule has 1 saturated carbocycles. The van der Waals surface area contributed by atoms with E-state index in [-0.39, 0.29) is 23.8 Å². The van der Waals surface area contributed by atoms with E-state index in [1.807, 2.05) is 6.07 Å². The predicted molar refractivity (Wildman–Crippen MR) is 92.0 cm³/mol. The van der Waals surface area contributed by atoms with Gasteiger partial charge < -0.3 is 10.2 Å². The molecule has 0 bridgehead atoms. The summed E-state index contributed by atoms with van der Waals surface area (Å²) in [5, 5.41) is 3.41. The number of nitrogens with one attached hydrogen (secondary N) is 1. The summed E-state index contributed by atoms with van der Waals surface area (Å²) in [6.45, 7) is 6.38. The largest absolute Gasteiger partial charge is 0.333 e. The van der Waals surface area contributed by atoms with E-state index in [1.54, 1.807) is 6.07 Å². The fourth-order valence-electron chi connectivity index (χ4n) is 5.00. The van der Waals surface area contributed by atoms with Gasteiger partial charge in [0.2, 0.25) is 5.91 Å². The van der Waals surface area contributed by atoms with Crippen LogP contribution in [0.15, 0.2) is 18.2 Å². The molecule has 4 atom stereocenters. The Kier molecular flexibility index (Phi) is 4.11. The van der Waals surface area contributed by atoms with Crippen molar-refractivity contribution in [1.29, 1.82) is 0 Å². The van der Waals surface area contributed by atoms with Gasteiger partial charge in [-0.2, -0.15) is 0 Å². The van der Waals surface area contributed by atoms with E-state index in [9.17, 15) is 9.18 Å². The minimum Gasteiger partial charge on any atom is -0.333 e. The van der Waals surface area contributed by atoms with Gasteiger partial charge in [0.1, 0.15) is 5.82 Å². The number of rotatable bonds is 2. The highest BCUT2D eigenvalue weighted by atomic mass is 19.1. The summed E-state index contributed by atoms with van der Waals surface area (Å²) in [6.07, 6.45) is 4.24. The standard InChI is InChI=1S/C20H27FN2O/c1-12-9-15-10-16(21)3-4-17(15)13(2)23(12)20(24)19-11-18(19)14-5-7-22-8-6-14/h3-4,10,12-14,18-19,22H,5-9,11H2,1-2H3/t12?,13?,18-,19+/m0/s1. The first-order valence-corrected chi connectivity index (χ1v) is 9.37. The quantitative estimate of drug-likeness (QED) is 0.902. The molecule has 3 nitrogen and oxygen atoms in total. The number of carbonyl (C=O) groups is 1. The van der Waals surface area contributed by atoms with Crippen LogP contribution < -0.4 is 5.32 Å². The van der Waals surface area contributed by atoms with Gasteiger partial charge in [0, 0.05) is 12.0 Å². The van der Waals surface area contributed by atoms with Gasteiger partial charge in [-0.05, 0) is 87.7 Å². The van der Waals surface area contributed by atoms with Crippen LogP contribution in [0.25, 0.3) is 0 Å². The maximum atomic E-state index is 13.5. The minimum atomic E-state index is -0.180. The van der Waals surface area contributed by atoms with E-state index in [0.717, 1.165) is 43.0 Å². The second-order valence-corrected chi connectivity index (χ2v) is 7.91. The third-order valence-electron chi connectivity index (χ3n) is 6.36. The zero-order valence-electron chi connectivity index (χ0n) is 14.6. The summed E-state index contributed by atoms with van der Waals surface area (Å²) in [5.74, 6) is 1.68. The molecule has 1 aliphatic carbocycles. The molecule has 2 aliphatic heterocycles. The van der Waals surface area contributed by atoms with E-state index in [1.165, 1.54) is 18.9 Å². The lowest BCUT2D eigenvalue weighted by molar-refractivity contribution is -0.138. The van der Waals surface area contributed by atoms with Crippen molar-refractivity contribution in [3.8, 4) is 0 Å². The van der Waals surface area contributed by atoms with Gasteiger partial charge in [-0.3, -0.25) is 4.79 Å². The lowest BCUT2D eigenvalue weighted by Gasteiger charge is -2.41.